The Bertz CT molecular complexity index is 584. The van der Waals surface area contributed by atoms with Gasteiger partial charge in [0.2, 0.25) is 6.08 Å². The molecule has 0 saturated heterocycles. The van der Waals surface area contributed by atoms with Crippen molar-refractivity contribution in [3.63, 3.8) is 0 Å². The highest BCUT2D eigenvalue weighted by Crippen LogP contribution is 2.49. The normalized spacial score (nSPS) is 19.2. The first kappa shape index (κ1) is 12.9. The second-order valence-corrected chi connectivity index (χ2v) is 5.12. The summed E-state index contributed by atoms with van der Waals surface area (Å²) in [5.41, 5.74) is 0.721. The summed E-state index contributed by atoms with van der Waals surface area (Å²) in [6, 6.07) is 3.53. The monoisotopic (exact) mass is 273 g/mol. The third kappa shape index (κ3) is 1.91. The van der Waals surface area contributed by atoms with E-state index < -0.39 is 5.54 Å². The summed E-state index contributed by atoms with van der Waals surface area (Å²) in [7, 11) is 0. The number of benzene rings is 1. The fourth-order valence-electron chi connectivity index (χ4n) is 3.11. The summed E-state index contributed by atoms with van der Waals surface area (Å²) < 4.78 is 11.3. The van der Waals surface area contributed by atoms with Gasteiger partial charge in [-0.1, -0.05) is 18.9 Å². The fraction of sp³-hybridized carbons (Fsp3) is 0.467. The Morgan fingerprint density at radius 3 is 2.50 bits per heavy atom. The van der Waals surface area contributed by atoms with Crippen molar-refractivity contribution in [1.82, 2.24) is 0 Å². The van der Waals surface area contributed by atoms with Crippen molar-refractivity contribution in [2.75, 3.05) is 13.2 Å². The quantitative estimate of drug-likeness (QED) is 0.482. The lowest BCUT2D eigenvalue weighted by Gasteiger charge is -2.29. The summed E-state index contributed by atoms with van der Waals surface area (Å²) in [5.74, 6) is 1.03. The molecule has 0 N–H and O–H groups in total. The van der Waals surface area contributed by atoms with Crippen molar-refractivity contribution >= 4 is 12.4 Å². The van der Waals surface area contributed by atoms with Crippen LogP contribution in [0.2, 0.25) is 0 Å². The van der Waals surface area contributed by atoms with Crippen LogP contribution in [0.25, 0.3) is 0 Å². The predicted molar refractivity (Wildman–Crippen MR) is 71.1 cm³/mol. The van der Waals surface area contributed by atoms with E-state index in [1.54, 1.807) is 12.1 Å². The van der Waals surface area contributed by atoms with Crippen LogP contribution < -0.4 is 9.47 Å². The maximum Gasteiger partial charge on any atom is 0.235 e. The molecule has 0 unspecified atom stereocenters. The summed E-state index contributed by atoms with van der Waals surface area (Å²) in [4.78, 5) is 26.0. The number of aliphatic imine (C=N–C) groups is 1. The van der Waals surface area contributed by atoms with E-state index >= 15 is 0 Å². The number of aldehydes is 1. The highest BCUT2D eigenvalue weighted by molar-refractivity contribution is 5.82. The zero-order valence-corrected chi connectivity index (χ0v) is 11.1. The number of carbonyl (C=O) groups excluding carboxylic acids is 2. The molecule has 0 aromatic heterocycles. The van der Waals surface area contributed by atoms with Crippen molar-refractivity contribution in [3.8, 4) is 11.5 Å². The standard InChI is InChI=1S/C15H15NO4/c17-9-11-3-4-12(14-13(11)19-7-8-20-14)15(16-10-18)5-1-2-6-15/h3-4,9H,1-2,5-8H2. The first-order chi connectivity index (χ1) is 9.80. The number of nitrogens with zero attached hydrogens (tertiary/aromatic N) is 1. The van der Waals surface area contributed by atoms with Crippen LogP contribution in [0.15, 0.2) is 17.1 Å². The van der Waals surface area contributed by atoms with Crippen molar-refractivity contribution < 1.29 is 19.1 Å². The number of rotatable bonds is 3. The zero-order chi connectivity index (χ0) is 14.0. The zero-order valence-electron chi connectivity index (χ0n) is 11.1. The lowest BCUT2D eigenvalue weighted by molar-refractivity contribution is 0.111. The van der Waals surface area contributed by atoms with Gasteiger partial charge >= 0.3 is 0 Å². The summed E-state index contributed by atoms with van der Waals surface area (Å²) in [6.07, 6.45) is 6.05. The second-order valence-electron chi connectivity index (χ2n) is 5.12. The molecule has 3 rings (SSSR count). The minimum absolute atomic E-state index is 0.418. The first-order valence-corrected chi connectivity index (χ1v) is 6.78. The lowest BCUT2D eigenvalue weighted by Crippen LogP contribution is -2.24. The highest BCUT2D eigenvalue weighted by Gasteiger charge is 2.40. The minimum Gasteiger partial charge on any atom is -0.486 e. The van der Waals surface area contributed by atoms with E-state index in [1.165, 1.54) is 0 Å². The molecule has 5 nitrogen and oxygen atoms in total. The molecular formula is C15H15NO4. The van der Waals surface area contributed by atoms with Gasteiger partial charge in [-0.2, -0.15) is 4.99 Å². The average Bonchev–Trinajstić information content (AvgIpc) is 2.96. The summed E-state index contributed by atoms with van der Waals surface area (Å²) in [5, 5.41) is 0. The number of ether oxygens (including phenoxy) is 2. The van der Waals surface area contributed by atoms with Crippen molar-refractivity contribution in [3.05, 3.63) is 23.3 Å². The summed E-state index contributed by atoms with van der Waals surface area (Å²) in [6.45, 7) is 0.852. The highest BCUT2D eigenvalue weighted by atomic mass is 16.6. The largest absolute Gasteiger partial charge is 0.486 e. The van der Waals surface area contributed by atoms with Gasteiger partial charge in [-0.05, 0) is 18.9 Å². The second kappa shape index (κ2) is 5.10. The van der Waals surface area contributed by atoms with E-state index in [-0.39, 0.29) is 0 Å². The molecule has 0 spiro atoms. The molecule has 1 saturated carbocycles. The molecule has 0 atom stereocenters. The molecule has 0 radical (unpaired) electrons. The van der Waals surface area contributed by atoms with E-state index in [2.05, 4.69) is 4.99 Å². The molecule has 1 heterocycles. The van der Waals surface area contributed by atoms with Crippen LogP contribution in [0.3, 0.4) is 0 Å². The third-order valence-corrected chi connectivity index (χ3v) is 4.04. The minimum atomic E-state index is -0.575. The van der Waals surface area contributed by atoms with Gasteiger partial charge in [-0.25, -0.2) is 4.79 Å². The average molecular weight is 273 g/mol. The van der Waals surface area contributed by atoms with Gasteiger partial charge in [0.15, 0.2) is 17.8 Å². The van der Waals surface area contributed by atoms with Gasteiger partial charge in [-0.3, -0.25) is 4.79 Å². The van der Waals surface area contributed by atoms with Crippen molar-refractivity contribution in [2.24, 2.45) is 4.99 Å². The topological polar surface area (TPSA) is 65.0 Å². The van der Waals surface area contributed by atoms with Crippen LogP contribution >= 0.6 is 0 Å². The van der Waals surface area contributed by atoms with Gasteiger partial charge in [0.05, 0.1) is 5.56 Å². The van der Waals surface area contributed by atoms with Crippen molar-refractivity contribution in [1.29, 1.82) is 0 Å². The molecule has 1 aliphatic carbocycles. The molecule has 5 heteroatoms. The van der Waals surface area contributed by atoms with E-state index in [1.807, 2.05) is 6.07 Å². The molecule has 1 aromatic carbocycles. The van der Waals surface area contributed by atoms with Gasteiger partial charge in [0.25, 0.3) is 0 Å². The number of fused-ring (bicyclic) bond motifs is 1. The van der Waals surface area contributed by atoms with E-state index in [4.69, 9.17) is 9.47 Å². The Labute approximate surface area is 116 Å². The SMILES string of the molecule is O=C=NC1(c2ccc(C=O)c3c2OCCO3)CCCC1. The predicted octanol–water partition coefficient (Wildman–Crippen LogP) is 2.38. The smallest absolute Gasteiger partial charge is 0.235 e. The van der Waals surface area contributed by atoms with Crippen LogP contribution in [-0.4, -0.2) is 25.6 Å². The van der Waals surface area contributed by atoms with Gasteiger partial charge in [0, 0.05) is 5.56 Å². The lowest BCUT2D eigenvalue weighted by atomic mass is 9.87. The van der Waals surface area contributed by atoms with E-state index in [0.717, 1.165) is 37.5 Å². The number of isocyanates is 1. The van der Waals surface area contributed by atoms with Crippen LogP contribution in [0.5, 0.6) is 11.5 Å². The Kier molecular flexibility index (Phi) is 3.28. The van der Waals surface area contributed by atoms with Crippen LogP contribution in [0.1, 0.15) is 41.6 Å². The molecule has 20 heavy (non-hydrogen) atoms. The molecule has 104 valence electrons. The molecule has 1 aliphatic heterocycles. The third-order valence-electron chi connectivity index (χ3n) is 4.04. The number of hydrogen-bond donors (Lipinski definition) is 0. The van der Waals surface area contributed by atoms with Crippen molar-refractivity contribution in [2.45, 2.75) is 31.2 Å². The Morgan fingerprint density at radius 1 is 1.15 bits per heavy atom. The van der Waals surface area contributed by atoms with Crippen LogP contribution in [0, 0.1) is 0 Å². The van der Waals surface area contributed by atoms with Gasteiger partial charge in [-0.15, -0.1) is 0 Å². The first-order valence-electron chi connectivity index (χ1n) is 6.78. The van der Waals surface area contributed by atoms with Gasteiger partial charge < -0.3 is 9.47 Å². The molecular weight excluding hydrogens is 258 g/mol. The Morgan fingerprint density at radius 2 is 1.85 bits per heavy atom. The molecule has 2 aliphatic rings. The van der Waals surface area contributed by atoms with Crippen LogP contribution in [-0.2, 0) is 10.3 Å². The molecule has 0 amide bonds. The molecule has 0 bridgehead atoms. The fourth-order valence-corrected chi connectivity index (χ4v) is 3.11. The van der Waals surface area contributed by atoms with Gasteiger partial charge in [0.1, 0.15) is 18.8 Å². The maximum atomic E-state index is 11.1. The van der Waals surface area contributed by atoms with E-state index in [0.29, 0.717) is 30.3 Å². The Balaban J connectivity index is 2.18. The molecule has 1 aromatic rings. The summed E-state index contributed by atoms with van der Waals surface area (Å²) >= 11 is 0. The maximum absolute atomic E-state index is 11.1. The number of carbonyl (C=O) groups is 1. The Hall–Kier alpha value is -2.13. The van der Waals surface area contributed by atoms with E-state index in [9.17, 15) is 9.59 Å². The number of hydrogen-bond acceptors (Lipinski definition) is 5. The molecule has 1 fully saturated rings. The van der Waals surface area contributed by atoms with Crippen LogP contribution in [0.4, 0.5) is 0 Å².